The van der Waals surface area contributed by atoms with Gasteiger partial charge in [-0.3, -0.25) is 20.2 Å². The fourth-order valence-corrected chi connectivity index (χ4v) is 2.18. The standard InChI is InChI=1S/C16H18N4O4/c1-2-16(19(21)22,20(23)24)12-17-13-8-10-15(11-9-13)18-14-6-4-3-5-7-14/h3-11,17-18H,2,12H2,1H3. The topological polar surface area (TPSA) is 110 Å². The average Bonchev–Trinajstić information content (AvgIpc) is 2.57. The van der Waals surface area contributed by atoms with Crippen molar-refractivity contribution in [1.29, 1.82) is 0 Å². The van der Waals surface area contributed by atoms with Crippen molar-refractivity contribution in [3.63, 3.8) is 0 Å². The molecular formula is C16H18N4O4. The van der Waals surface area contributed by atoms with Gasteiger partial charge in [-0.15, -0.1) is 0 Å². The molecule has 0 bridgehead atoms. The molecule has 24 heavy (non-hydrogen) atoms. The maximum atomic E-state index is 11.1. The number of nitrogens with zero attached hydrogens (tertiary/aromatic N) is 2. The molecule has 0 spiro atoms. The Morgan fingerprint density at radius 2 is 1.38 bits per heavy atom. The van der Waals surface area contributed by atoms with Crippen LogP contribution in [0.1, 0.15) is 13.3 Å². The number of para-hydroxylation sites is 1. The third-order valence-corrected chi connectivity index (χ3v) is 3.77. The van der Waals surface area contributed by atoms with Crippen molar-refractivity contribution in [2.45, 2.75) is 19.0 Å². The Bertz CT molecular complexity index is 690. The number of rotatable bonds is 8. The highest BCUT2D eigenvalue weighted by atomic mass is 16.7. The average molecular weight is 330 g/mol. The van der Waals surface area contributed by atoms with Gasteiger partial charge in [0, 0.05) is 17.1 Å². The molecule has 0 aliphatic carbocycles. The lowest BCUT2D eigenvalue weighted by atomic mass is 10.1. The molecule has 0 saturated heterocycles. The molecule has 2 aromatic carbocycles. The van der Waals surface area contributed by atoms with Crippen molar-refractivity contribution in [1.82, 2.24) is 0 Å². The highest BCUT2D eigenvalue weighted by Crippen LogP contribution is 2.21. The molecule has 0 aromatic heterocycles. The second-order valence-corrected chi connectivity index (χ2v) is 5.27. The maximum Gasteiger partial charge on any atom is 0.474 e. The Labute approximate surface area is 138 Å². The Kier molecular flexibility index (Phi) is 5.31. The van der Waals surface area contributed by atoms with Gasteiger partial charge in [-0.25, -0.2) is 0 Å². The quantitative estimate of drug-likeness (QED) is 0.435. The summed E-state index contributed by atoms with van der Waals surface area (Å²) in [5.41, 5.74) is 0.137. The SMILES string of the molecule is CCC(CNc1ccc(Nc2ccccc2)cc1)([N+](=O)[O-])[N+](=O)[O-]. The molecular weight excluding hydrogens is 312 g/mol. The van der Waals surface area contributed by atoms with Crippen molar-refractivity contribution in [3.8, 4) is 0 Å². The summed E-state index contributed by atoms with van der Waals surface area (Å²) >= 11 is 0. The van der Waals surface area contributed by atoms with Gasteiger partial charge in [0.15, 0.2) is 6.54 Å². The van der Waals surface area contributed by atoms with Crippen LogP contribution in [0, 0.1) is 20.2 Å². The molecule has 0 atom stereocenters. The summed E-state index contributed by atoms with van der Waals surface area (Å²) in [5.74, 6) is 0. The largest absolute Gasteiger partial charge is 0.474 e. The van der Waals surface area contributed by atoms with Crippen molar-refractivity contribution in [3.05, 3.63) is 74.8 Å². The van der Waals surface area contributed by atoms with Crippen LogP contribution in [0.25, 0.3) is 0 Å². The molecule has 0 heterocycles. The molecule has 0 aliphatic heterocycles. The first-order valence-corrected chi connectivity index (χ1v) is 7.43. The zero-order valence-corrected chi connectivity index (χ0v) is 13.1. The van der Waals surface area contributed by atoms with Gasteiger partial charge in [0.1, 0.15) is 9.85 Å². The normalized spacial score (nSPS) is 10.9. The van der Waals surface area contributed by atoms with Crippen LogP contribution < -0.4 is 10.6 Å². The predicted octanol–water partition coefficient (Wildman–Crippen LogP) is 3.50. The molecule has 126 valence electrons. The third-order valence-electron chi connectivity index (χ3n) is 3.77. The highest BCUT2D eigenvalue weighted by Gasteiger charge is 2.54. The molecule has 8 heteroatoms. The summed E-state index contributed by atoms with van der Waals surface area (Å²) < 4.78 is 0. The van der Waals surface area contributed by atoms with Gasteiger partial charge >= 0.3 is 5.66 Å². The van der Waals surface area contributed by atoms with E-state index in [0.717, 1.165) is 11.4 Å². The Hall–Kier alpha value is -3.16. The molecule has 0 radical (unpaired) electrons. The molecule has 8 nitrogen and oxygen atoms in total. The van der Waals surface area contributed by atoms with Crippen molar-refractivity contribution < 1.29 is 9.85 Å². The number of nitrogens with one attached hydrogen (secondary N) is 2. The van der Waals surface area contributed by atoms with Gasteiger partial charge in [-0.2, -0.15) is 0 Å². The predicted molar refractivity (Wildman–Crippen MR) is 91.7 cm³/mol. The van der Waals surface area contributed by atoms with E-state index >= 15 is 0 Å². The zero-order valence-electron chi connectivity index (χ0n) is 13.1. The summed E-state index contributed by atoms with van der Waals surface area (Å²) in [4.78, 5) is 20.5. The number of nitro groups is 2. The Morgan fingerprint density at radius 3 is 1.88 bits per heavy atom. The minimum absolute atomic E-state index is 0.201. The number of benzene rings is 2. The number of hydrogen-bond donors (Lipinski definition) is 2. The molecule has 0 unspecified atom stereocenters. The van der Waals surface area contributed by atoms with Crippen LogP contribution in [0.2, 0.25) is 0 Å². The van der Waals surface area contributed by atoms with Crippen molar-refractivity contribution >= 4 is 17.1 Å². The van der Waals surface area contributed by atoms with Crippen LogP contribution in [0.5, 0.6) is 0 Å². The molecule has 2 aromatic rings. The van der Waals surface area contributed by atoms with Crippen LogP contribution >= 0.6 is 0 Å². The molecule has 2 N–H and O–H groups in total. The first kappa shape index (κ1) is 17.2. The van der Waals surface area contributed by atoms with Gasteiger partial charge in [0.25, 0.3) is 0 Å². The van der Waals surface area contributed by atoms with E-state index in [9.17, 15) is 20.2 Å². The van der Waals surface area contributed by atoms with Crippen molar-refractivity contribution in [2.24, 2.45) is 0 Å². The number of anilines is 3. The minimum Gasteiger partial charge on any atom is -0.372 e. The van der Waals surface area contributed by atoms with Crippen LogP contribution in [0.3, 0.4) is 0 Å². The van der Waals surface area contributed by atoms with Crippen LogP contribution in [-0.2, 0) is 0 Å². The van der Waals surface area contributed by atoms with Gasteiger partial charge in [0.2, 0.25) is 0 Å². The monoisotopic (exact) mass is 330 g/mol. The molecule has 0 aliphatic rings. The third kappa shape index (κ3) is 3.78. The minimum atomic E-state index is -2.22. The lowest BCUT2D eigenvalue weighted by Crippen LogP contribution is -2.51. The molecule has 0 fully saturated rings. The van der Waals surface area contributed by atoms with Gasteiger partial charge in [-0.05, 0) is 36.4 Å². The maximum absolute atomic E-state index is 11.1. The van der Waals surface area contributed by atoms with E-state index in [1.54, 1.807) is 24.3 Å². The summed E-state index contributed by atoms with van der Waals surface area (Å²) in [6, 6.07) is 16.6. The first-order valence-electron chi connectivity index (χ1n) is 7.43. The van der Waals surface area contributed by atoms with E-state index in [4.69, 9.17) is 0 Å². The second-order valence-electron chi connectivity index (χ2n) is 5.27. The lowest BCUT2D eigenvalue weighted by Gasteiger charge is -2.17. The summed E-state index contributed by atoms with van der Waals surface area (Å²) in [5, 5.41) is 28.2. The summed E-state index contributed by atoms with van der Waals surface area (Å²) in [7, 11) is 0. The summed E-state index contributed by atoms with van der Waals surface area (Å²) in [6.45, 7) is 1.05. The van der Waals surface area contributed by atoms with Crippen LogP contribution in [-0.4, -0.2) is 22.1 Å². The summed E-state index contributed by atoms with van der Waals surface area (Å²) in [6.07, 6.45) is -0.201. The first-order chi connectivity index (χ1) is 11.5. The fourth-order valence-electron chi connectivity index (χ4n) is 2.18. The van der Waals surface area contributed by atoms with E-state index in [1.807, 2.05) is 30.3 Å². The van der Waals surface area contributed by atoms with E-state index in [0.29, 0.717) is 5.69 Å². The smallest absolute Gasteiger partial charge is 0.372 e. The van der Waals surface area contributed by atoms with Crippen LogP contribution in [0.4, 0.5) is 17.1 Å². The van der Waals surface area contributed by atoms with Crippen LogP contribution in [0.15, 0.2) is 54.6 Å². The van der Waals surface area contributed by atoms with Crippen molar-refractivity contribution in [2.75, 3.05) is 17.2 Å². The van der Waals surface area contributed by atoms with E-state index in [-0.39, 0.29) is 13.0 Å². The molecule has 2 rings (SSSR count). The van der Waals surface area contributed by atoms with E-state index < -0.39 is 15.5 Å². The number of hydrogen-bond acceptors (Lipinski definition) is 6. The lowest BCUT2D eigenvalue weighted by molar-refractivity contribution is -0.792. The van der Waals surface area contributed by atoms with Gasteiger partial charge < -0.3 is 10.6 Å². The van der Waals surface area contributed by atoms with E-state index in [1.165, 1.54) is 6.92 Å². The molecule has 0 amide bonds. The van der Waals surface area contributed by atoms with Gasteiger partial charge in [0.05, 0.1) is 6.42 Å². The van der Waals surface area contributed by atoms with Gasteiger partial charge in [-0.1, -0.05) is 25.1 Å². The second kappa shape index (κ2) is 7.40. The Morgan fingerprint density at radius 1 is 0.875 bits per heavy atom. The highest BCUT2D eigenvalue weighted by molar-refractivity contribution is 5.62. The Balaban J connectivity index is 2.03. The van der Waals surface area contributed by atoms with E-state index in [2.05, 4.69) is 10.6 Å². The fraction of sp³-hybridized carbons (Fsp3) is 0.250. The zero-order chi connectivity index (χ0) is 17.6. The molecule has 0 saturated carbocycles.